The van der Waals surface area contributed by atoms with Crippen LogP contribution in [-0.2, 0) is 14.8 Å². The van der Waals surface area contributed by atoms with Crippen LogP contribution >= 0.6 is 0 Å². The molecule has 0 bridgehead atoms. The Balaban J connectivity index is 1.34. The quantitative estimate of drug-likeness (QED) is 0.289. The van der Waals surface area contributed by atoms with E-state index in [2.05, 4.69) is 20.0 Å². The second-order valence-electron chi connectivity index (χ2n) is 10.2. The number of nitrogens with one attached hydrogen (secondary N) is 2. The Morgan fingerprint density at radius 2 is 1.69 bits per heavy atom. The number of nitrogens with zero attached hydrogens (tertiary/aromatic N) is 2. The lowest BCUT2D eigenvalue weighted by Gasteiger charge is -2.26. The normalized spacial score (nSPS) is 21.8. The van der Waals surface area contributed by atoms with Crippen LogP contribution in [0.5, 0.6) is 0 Å². The number of anilines is 1. The van der Waals surface area contributed by atoms with Gasteiger partial charge < -0.3 is 19.6 Å². The summed E-state index contributed by atoms with van der Waals surface area (Å²) in [5, 5.41) is 13.9. The SMILES string of the molecule is O=S(=O)(N[C@H]1CC[C@H](O)CC1)c1ccc(-c2oc3ncnc(NC[C@@H]4CCCO4)c3c2-c2ccccc2)cc1. The molecule has 1 atom stereocenters. The van der Waals surface area contributed by atoms with Crippen molar-refractivity contribution >= 4 is 26.9 Å². The molecule has 0 spiro atoms. The third-order valence-corrected chi connectivity index (χ3v) is 9.05. The fourth-order valence-corrected chi connectivity index (χ4v) is 6.74. The first-order chi connectivity index (χ1) is 19.0. The molecule has 6 rings (SSSR count). The lowest BCUT2D eigenvalue weighted by molar-refractivity contribution is 0.120. The van der Waals surface area contributed by atoms with E-state index in [1.54, 1.807) is 24.3 Å². The van der Waals surface area contributed by atoms with Crippen LogP contribution < -0.4 is 10.0 Å². The Morgan fingerprint density at radius 3 is 2.41 bits per heavy atom. The van der Waals surface area contributed by atoms with Gasteiger partial charge in [-0.15, -0.1) is 0 Å². The number of hydrogen-bond donors (Lipinski definition) is 3. The van der Waals surface area contributed by atoms with E-state index in [1.807, 2.05) is 30.3 Å². The molecule has 2 aromatic carbocycles. The van der Waals surface area contributed by atoms with E-state index >= 15 is 0 Å². The number of hydrogen-bond acceptors (Lipinski definition) is 8. The first-order valence-electron chi connectivity index (χ1n) is 13.5. The molecule has 2 fully saturated rings. The van der Waals surface area contributed by atoms with Crippen molar-refractivity contribution in [1.82, 2.24) is 14.7 Å². The highest BCUT2D eigenvalue weighted by atomic mass is 32.2. The standard InChI is InChI=1S/C29H32N4O5S/c34-22-12-10-21(11-13-22)33-39(35,36)24-14-8-20(9-15-24)27-25(19-5-2-1-3-6-19)26-28(31-18-32-29(26)38-27)30-17-23-7-4-16-37-23/h1-3,5-6,8-9,14-15,18,21-23,33-34H,4,7,10-13,16-17H2,(H,30,31,32)/t21-,22-,23-/m0/s1. The fourth-order valence-electron chi connectivity index (χ4n) is 5.43. The average molecular weight is 549 g/mol. The summed E-state index contributed by atoms with van der Waals surface area (Å²) in [4.78, 5) is 9.12. The molecule has 3 N–H and O–H groups in total. The average Bonchev–Trinajstić information content (AvgIpc) is 3.62. The number of furan rings is 1. The van der Waals surface area contributed by atoms with Gasteiger partial charge in [0.1, 0.15) is 17.9 Å². The number of sulfonamides is 1. The number of aliphatic hydroxyl groups is 1. The van der Waals surface area contributed by atoms with Crippen LogP contribution in [-0.4, -0.2) is 54.9 Å². The molecule has 2 aliphatic rings. The summed E-state index contributed by atoms with van der Waals surface area (Å²) in [6.45, 7) is 1.42. The van der Waals surface area contributed by atoms with E-state index in [0.29, 0.717) is 49.5 Å². The molecule has 0 unspecified atom stereocenters. The first-order valence-corrected chi connectivity index (χ1v) is 15.0. The van der Waals surface area contributed by atoms with Gasteiger partial charge in [-0.05, 0) is 68.4 Å². The molecular weight excluding hydrogens is 516 g/mol. The van der Waals surface area contributed by atoms with E-state index in [0.717, 1.165) is 41.5 Å². The number of aliphatic hydroxyl groups excluding tert-OH is 1. The zero-order valence-electron chi connectivity index (χ0n) is 21.5. The van der Waals surface area contributed by atoms with Gasteiger partial charge in [-0.3, -0.25) is 0 Å². The zero-order chi connectivity index (χ0) is 26.8. The van der Waals surface area contributed by atoms with Gasteiger partial charge in [0.25, 0.3) is 0 Å². The minimum absolute atomic E-state index is 0.142. The van der Waals surface area contributed by atoms with Gasteiger partial charge in [0.05, 0.1) is 22.5 Å². The minimum atomic E-state index is -3.69. The summed E-state index contributed by atoms with van der Waals surface area (Å²) in [6, 6.07) is 16.4. The fraction of sp³-hybridized carbons (Fsp3) is 0.379. The molecule has 1 aliphatic heterocycles. The molecule has 1 saturated heterocycles. The molecular formula is C29H32N4O5S. The summed E-state index contributed by atoms with van der Waals surface area (Å²) in [5.74, 6) is 1.26. The van der Waals surface area contributed by atoms with Crippen molar-refractivity contribution in [3.63, 3.8) is 0 Å². The first kappa shape index (κ1) is 25.9. The van der Waals surface area contributed by atoms with Crippen LogP contribution in [0.3, 0.4) is 0 Å². The van der Waals surface area contributed by atoms with Gasteiger partial charge >= 0.3 is 0 Å². The number of benzene rings is 2. The van der Waals surface area contributed by atoms with Gasteiger partial charge in [0.2, 0.25) is 15.7 Å². The monoisotopic (exact) mass is 548 g/mol. The second-order valence-corrected chi connectivity index (χ2v) is 12.0. The lowest BCUT2D eigenvalue weighted by atomic mass is 9.94. The van der Waals surface area contributed by atoms with Crippen molar-refractivity contribution in [1.29, 1.82) is 0 Å². The summed E-state index contributed by atoms with van der Waals surface area (Å²) >= 11 is 0. The highest BCUT2D eigenvalue weighted by Crippen LogP contribution is 2.42. The van der Waals surface area contributed by atoms with Crippen molar-refractivity contribution < 1.29 is 22.7 Å². The Morgan fingerprint density at radius 1 is 0.923 bits per heavy atom. The van der Waals surface area contributed by atoms with Crippen molar-refractivity contribution in [3.05, 3.63) is 60.9 Å². The third kappa shape index (κ3) is 5.56. The van der Waals surface area contributed by atoms with E-state index in [9.17, 15) is 13.5 Å². The van der Waals surface area contributed by atoms with Gasteiger partial charge in [-0.1, -0.05) is 30.3 Å². The molecule has 0 amide bonds. The molecule has 10 heteroatoms. The molecule has 3 heterocycles. The van der Waals surface area contributed by atoms with Crippen LogP contribution in [0.15, 0.2) is 70.2 Å². The van der Waals surface area contributed by atoms with Gasteiger partial charge in [-0.25, -0.2) is 23.1 Å². The van der Waals surface area contributed by atoms with Crippen LogP contribution in [0, 0.1) is 0 Å². The van der Waals surface area contributed by atoms with E-state index in [-0.39, 0.29) is 23.1 Å². The molecule has 39 heavy (non-hydrogen) atoms. The Labute approximate surface area is 227 Å². The van der Waals surface area contributed by atoms with Crippen molar-refractivity contribution in [2.45, 2.75) is 61.7 Å². The second kappa shape index (κ2) is 11.1. The van der Waals surface area contributed by atoms with Crippen LogP contribution in [0.1, 0.15) is 38.5 Å². The van der Waals surface area contributed by atoms with Crippen molar-refractivity contribution in [2.75, 3.05) is 18.5 Å². The van der Waals surface area contributed by atoms with Crippen molar-refractivity contribution in [2.24, 2.45) is 0 Å². The number of fused-ring (bicyclic) bond motifs is 1. The third-order valence-electron chi connectivity index (χ3n) is 7.52. The van der Waals surface area contributed by atoms with E-state index < -0.39 is 10.0 Å². The largest absolute Gasteiger partial charge is 0.437 e. The minimum Gasteiger partial charge on any atom is -0.437 e. The number of aromatic nitrogens is 2. The molecule has 2 aromatic heterocycles. The Bertz CT molecular complexity index is 1530. The van der Waals surface area contributed by atoms with Crippen molar-refractivity contribution in [3.8, 4) is 22.5 Å². The molecule has 1 aliphatic carbocycles. The molecule has 204 valence electrons. The summed E-state index contributed by atoms with van der Waals surface area (Å²) in [6.07, 6.45) is 5.81. The highest BCUT2D eigenvalue weighted by molar-refractivity contribution is 7.89. The summed E-state index contributed by atoms with van der Waals surface area (Å²) in [5.41, 5.74) is 2.97. The summed E-state index contributed by atoms with van der Waals surface area (Å²) in [7, 11) is -3.69. The molecule has 1 saturated carbocycles. The van der Waals surface area contributed by atoms with Gasteiger partial charge in [0, 0.05) is 30.3 Å². The lowest BCUT2D eigenvalue weighted by Crippen LogP contribution is -2.38. The Hall–Kier alpha value is -3.31. The van der Waals surface area contributed by atoms with Crippen LogP contribution in [0.25, 0.3) is 33.6 Å². The van der Waals surface area contributed by atoms with E-state index in [4.69, 9.17) is 9.15 Å². The maximum atomic E-state index is 13.1. The predicted molar refractivity (Wildman–Crippen MR) is 149 cm³/mol. The molecule has 9 nitrogen and oxygen atoms in total. The maximum Gasteiger partial charge on any atom is 0.240 e. The predicted octanol–water partition coefficient (Wildman–Crippen LogP) is 4.73. The topological polar surface area (TPSA) is 127 Å². The number of ether oxygens (including phenoxy) is 1. The maximum absolute atomic E-state index is 13.1. The number of rotatable bonds is 8. The highest BCUT2D eigenvalue weighted by Gasteiger charge is 2.26. The summed E-state index contributed by atoms with van der Waals surface area (Å²) < 4.78 is 41.0. The Kier molecular flexibility index (Phi) is 7.35. The van der Waals surface area contributed by atoms with E-state index in [1.165, 1.54) is 6.33 Å². The smallest absolute Gasteiger partial charge is 0.240 e. The molecule has 0 radical (unpaired) electrons. The van der Waals surface area contributed by atoms with Gasteiger partial charge in [-0.2, -0.15) is 0 Å². The zero-order valence-corrected chi connectivity index (χ0v) is 22.4. The van der Waals surface area contributed by atoms with Crippen LogP contribution in [0.2, 0.25) is 0 Å². The van der Waals surface area contributed by atoms with Gasteiger partial charge in [0.15, 0.2) is 0 Å². The molecule has 4 aromatic rings. The van der Waals surface area contributed by atoms with Crippen LogP contribution in [0.4, 0.5) is 5.82 Å².